The van der Waals surface area contributed by atoms with E-state index in [0.29, 0.717) is 41.1 Å². The van der Waals surface area contributed by atoms with Crippen molar-refractivity contribution in [1.29, 1.82) is 0 Å². The maximum atomic E-state index is 12.2. The molecule has 1 aromatic heterocycles. The Kier molecular flexibility index (Phi) is 5.99. The molecule has 0 atom stereocenters. The van der Waals surface area contributed by atoms with Gasteiger partial charge in [0.15, 0.2) is 12.4 Å². The molecule has 0 saturated carbocycles. The van der Waals surface area contributed by atoms with Crippen LogP contribution in [-0.2, 0) is 16.2 Å². The lowest BCUT2D eigenvalue weighted by Gasteiger charge is -2.15. The molecule has 1 N–H and O–H groups in total. The number of oxazole rings is 1. The van der Waals surface area contributed by atoms with Crippen molar-refractivity contribution in [1.82, 2.24) is 9.88 Å². The van der Waals surface area contributed by atoms with Crippen molar-refractivity contribution in [2.45, 2.75) is 19.4 Å². The standard InChI is InChI=1S/C22H20ClN3O4/c23-16-8-6-15(7-9-16)19-12-24-21(30-19)14-29-18-4-1-3-17(11-18)25-20(27)13-26-10-2-5-22(26)28/h1,3-4,6-9,11-12H,2,5,10,13-14H2,(H,25,27). The topological polar surface area (TPSA) is 84.7 Å². The van der Waals surface area contributed by atoms with Gasteiger partial charge in [0, 0.05) is 35.3 Å². The van der Waals surface area contributed by atoms with Crippen LogP contribution in [0.1, 0.15) is 18.7 Å². The first kappa shape index (κ1) is 20.0. The van der Waals surface area contributed by atoms with Gasteiger partial charge in [-0.05, 0) is 42.8 Å². The van der Waals surface area contributed by atoms with Gasteiger partial charge < -0.3 is 19.4 Å². The predicted octanol–water partition coefficient (Wildman–Crippen LogP) is 4.13. The molecule has 2 amide bonds. The highest BCUT2D eigenvalue weighted by atomic mass is 35.5. The first-order chi connectivity index (χ1) is 14.6. The van der Waals surface area contributed by atoms with E-state index in [1.54, 1.807) is 47.5 Å². The number of rotatable bonds is 7. The molecule has 0 radical (unpaired) electrons. The third-order valence-electron chi connectivity index (χ3n) is 4.67. The van der Waals surface area contributed by atoms with E-state index in [1.807, 2.05) is 12.1 Å². The van der Waals surface area contributed by atoms with Crippen LogP contribution in [0.2, 0.25) is 5.02 Å². The lowest BCUT2D eigenvalue weighted by Crippen LogP contribution is -2.33. The van der Waals surface area contributed by atoms with Crippen molar-refractivity contribution < 1.29 is 18.7 Å². The van der Waals surface area contributed by atoms with E-state index in [4.69, 9.17) is 20.8 Å². The van der Waals surface area contributed by atoms with Gasteiger partial charge in [0.05, 0.1) is 12.7 Å². The number of carbonyl (C=O) groups excluding carboxylic acids is 2. The normalized spacial score (nSPS) is 13.5. The van der Waals surface area contributed by atoms with Crippen molar-refractivity contribution in [3.8, 4) is 17.1 Å². The van der Waals surface area contributed by atoms with Crippen LogP contribution in [0.3, 0.4) is 0 Å². The van der Waals surface area contributed by atoms with Crippen molar-refractivity contribution in [3.63, 3.8) is 0 Å². The fourth-order valence-corrected chi connectivity index (χ4v) is 3.30. The van der Waals surface area contributed by atoms with Crippen LogP contribution in [0.25, 0.3) is 11.3 Å². The lowest BCUT2D eigenvalue weighted by atomic mass is 10.2. The van der Waals surface area contributed by atoms with E-state index in [1.165, 1.54) is 0 Å². The molecule has 1 saturated heterocycles. The second-order valence-electron chi connectivity index (χ2n) is 6.91. The number of benzene rings is 2. The van der Waals surface area contributed by atoms with Crippen LogP contribution in [0, 0.1) is 0 Å². The summed E-state index contributed by atoms with van der Waals surface area (Å²) in [6.45, 7) is 0.838. The molecule has 1 fully saturated rings. The SMILES string of the molecule is O=C(CN1CCCC1=O)Nc1cccc(OCc2ncc(-c3ccc(Cl)cc3)o2)c1. The number of amides is 2. The summed E-state index contributed by atoms with van der Waals surface area (Å²) in [4.78, 5) is 29.6. The lowest BCUT2D eigenvalue weighted by molar-refractivity contribution is -0.131. The minimum Gasteiger partial charge on any atom is -0.484 e. The average Bonchev–Trinajstić information content (AvgIpc) is 3.37. The van der Waals surface area contributed by atoms with Crippen molar-refractivity contribution in [2.24, 2.45) is 0 Å². The summed E-state index contributed by atoms with van der Waals surface area (Å²) in [5, 5.41) is 3.45. The summed E-state index contributed by atoms with van der Waals surface area (Å²) < 4.78 is 11.5. The van der Waals surface area contributed by atoms with Gasteiger partial charge in [-0.25, -0.2) is 4.98 Å². The van der Waals surface area contributed by atoms with Crippen molar-refractivity contribution in [2.75, 3.05) is 18.4 Å². The zero-order chi connectivity index (χ0) is 20.9. The second-order valence-corrected chi connectivity index (χ2v) is 7.35. The zero-order valence-corrected chi connectivity index (χ0v) is 16.9. The fourth-order valence-electron chi connectivity index (χ4n) is 3.18. The number of ether oxygens (including phenoxy) is 1. The van der Waals surface area contributed by atoms with Crippen LogP contribution in [0.5, 0.6) is 5.75 Å². The largest absolute Gasteiger partial charge is 0.484 e. The molecule has 30 heavy (non-hydrogen) atoms. The van der Waals surface area contributed by atoms with Crippen LogP contribution in [0.15, 0.2) is 59.1 Å². The number of carbonyl (C=O) groups is 2. The van der Waals surface area contributed by atoms with Gasteiger partial charge in [-0.2, -0.15) is 0 Å². The van der Waals surface area contributed by atoms with Crippen LogP contribution in [0.4, 0.5) is 5.69 Å². The Labute approximate surface area is 178 Å². The zero-order valence-electron chi connectivity index (χ0n) is 16.1. The molecule has 154 valence electrons. The smallest absolute Gasteiger partial charge is 0.243 e. The third-order valence-corrected chi connectivity index (χ3v) is 4.92. The van der Waals surface area contributed by atoms with E-state index in [2.05, 4.69) is 10.3 Å². The number of anilines is 1. The molecule has 4 rings (SSSR count). The first-order valence-electron chi connectivity index (χ1n) is 9.58. The maximum absolute atomic E-state index is 12.2. The van der Waals surface area contributed by atoms with E-state index >= 15 is 0 Å². The molecule has 0 unspecified atom stereocenters. The number of aromatic nitrogens is 1. The minimum absolute atomic E-state index is 0.0196. The Hall–Kier alpha value is -3.32. The van der Waals surface area contributed by atoms with Gasteiger partial charge in [-0.1, -0.05) is 17.7 Å². The summed E-state index contributed by atoms with van der Waals surface area (Å²) >= 11 is 5.91. The molecule has 1 aliphatic heterocycles. The molecule has 0 spiro atoms. The van der Waals surface area contributed by atoms with Gasteiger partial charge in [0.2, 0.25) is 17.7 Å². The van der Waals surface area contributed by atoms with Crippen LogP contribution >= 0.6 is 11.6 Å². The molecule has 7 nitrogen and oxygen atoms in total. The third kappa shape index (κ3) is 4.99. The second kappa shape index (κ2) is 9.00. The Morgan fingerprint density at radius 1 is 1.23 bits per heavy atom. The molecule has 2 heterocycles. The average molecular weight is 426 g/mol. The van der Waals surface area contributed by atoms with E-state index in [-0.39, 0.29) is 25.0 Å². The number of nitrogens with one attached hydrogen (secondary N) is 1. The van der Waals surface area contributed by atoms with Crippen LogP contribution in [-0.4, -0.2) is 34.8 Å². The number of halogens is 1. The maximum Gasteiger partial charge on any atom is 0.243 e. The molecule has 2 aromatic carbocycles. The quantitative estimate of drug-likeness (QED) is 0.615. The number of likely N-dealkylation sites (tertiary alicyclic amines) is 1. The molecular formula is C22H20ClN3O4. The van der Waals surface area contributed by atoms with Crippen molar-refractivity contribution in [3.05, 3.63) is 65.6 Å². The van der Waals surface area contributed by atoms with E-state index < -0.39 is 0 Å². The Balaban J connectivity index is 1.33. The minimum atomic E-state index is -0.234. The predicted molar refractivity (Wildman–Crippen MR) is 112 cm³/mol. The summed E-state index contributed by atoms with van der Waals surface area (Å²) in [7, 11) is 0. The van der Waals surface area contributed by atoms with Gasteiger partial charge in [-0.15, -0.1) is 0 Å². The summed E-state index contributed by atoms with van der Waals surface area (Å²) in [6, 6.07) is 14.3. The monoisotopic (exact) mass is 425 g/mol. The van der Waals surface area contributed by atoms with Crippen LogP contribution < -0.4 is 10.1 Å². The summed E-state index contributed by atoms with van der Waals surface area (Å²) in [6.07, 6.45) is 2.95. The molecule has 1 aliphatic rings. The van der Waals surface area contributed by atoms with Crippen molar-refractivity contribution >= 4 is 29.1 Å². The number of hydrogen-bond donors (Lipinski definition) is 1. The highest BCUT2D eigenvalue weighted by Gasteiger charge is 2.22. The highest BCUT2D eigenvalue weighted by Crippen LogP contribution is 2.24. The molecule has 3 aromatic rings. The number of nitrogens with zero attached hydrogens (tertiary/aromatic N) is 2. The molecule has 0 bridgehead atoms. The van der Waals surface area contributed by atoms with Gasteiger partial charge >= 0.3 is 0 Å². The first-order valence-corrected chi connectivity index (χ1v) is 9.96. The van der Waals surface area contributed by atoms with Gasteiger partial charge in [0.1, 0.15) is 5.75 Å². The Morgan fingerprint density at radius 3 is 2.83 bits per heavy atom. The Morgan fingerprint density at radius 2 is 2.07 bits per heavy atom. The van der Waals surface area contributed by atoms with Gasteiger partial charge in [0.25, 0.3) is 0 Å². The fraction of sp³-hybridized carbons (Fsp3) is 0.227. The highest BCUT2D eigenvalue weighted by molar-refractivity contribution is 6.30. The summed E-state index contributed by atoms with van der Waals surface area (Å²) in [5.74, 6) is 1.41. The molecule has 0 aliphatic carbocycles. The van der Waals surface area contributed by atoms with E-state index in [9.17, 15) is 9.59 Å². The van der Waals surface area contributed by atoms with Gasteiger partial charge in [-0.3, -0.25) is 9.59 Å². The molecular weight excluding hydrogens is 406 g/mol. The summed E-state index contributed by atoms with van der Waals surface area (Å²) in [5.41, 5.74) is 1.47. The van der Waals surface area contributed by atoms with E-state index in [0.717, 1.165) is 12.0 Å². The Bertz CT molecular complexity index is 1050. The number of hydrogen-bond acceptors (Lipinski definition) is 5. The molecule has 8 heteroatoms.